The first-order chi connectivity index (χ1) is 15.8. The van der Waals surface area contributed by atoms with Crippen molar-refractivity contribution in [3.05, 3.63) is 94.9 Å². The van der Waals surface area contributed by atoms with Crippen LogP contribution in [0.1, 0.15) is 21.6 Å². The van der Waals surface area contributed by atoms with Crippen LogP contribution in [-0.4, -0.2) is 34.0 Å². The third-order valence-corrected chi connectivity index (χ3v) is 5.78. The van der Waals surface area contributed by atoms with Crippen molar-refractivity contribution >= 4 is 50.2 Å². The Hall–Kier alpha value is -3.97. The number of rotatable bonds is 4. The predicted octanol–water partition coefficient (Wildman–Crippen LogP) is 4.32. The van der Waals surface area contributed by atoms with E-state index >= 15 is 0 Å². The Morgan fingerprint density at radius 1 is 0.939 bits per heavy atom. The van der Waals surface area contributed by atoms with Gasteiger partial charge in [-0.1, -0.05) is 47.7 Å². The molecule has 0 aliphatic heterocycles. The lowest BCUT2D eigenvalue weighted by atomic mass is 10.1. The van der Waals surface area contributed by atoms with Gasteiger partial charge in [0.15, 0.2) is 0 Å². The summed E-state index contributed by atoms with van der Waals surface area (Å²) in [4.78, 5) is 19.0. The molecule has 0 saturated carbocycles. The van der Waals surface area contributed by atoms with E-state index in [2.05, 4.69) is 21.8 Å². The molecule has 0 aliphatic rings. The number of pyridine rings is 2. The number of carboxylic acid groups (broad SMARTS) is 1. The molecular formula is C23H14ClN3O5S. The quantitative estimate of drug-likeness (QED) is 0.330. The molecule has 2 N–H and O–H groups in total. The molecule has 0 amide bonds. The molecule has 33 heavy (non-hydrogen) atoms. The Labute approximate surface area is 194 Å². The number of para-hydroxylation sites is 2. The monoisotopic (exact) mass is 479 g/mol. The zero-order valence-electron chi connectivity index (χ0n) is 16.7. The average molecular weight is 480 g/mol. The smallest absolute Gasteiger partial charge is 0.364 e. The summed E-state index contributed by atoms with van der Waals surface area (Å²) >= 11 is 6.24. The van der Waals surface area contributed by atoms with E-state index in [1.165, 1.54) is 36.7 Å². The first kappa shape index (κ1) is 22.2. The number of hydrogen-bond donors (Lipinski definition) is 2. The summed E-state index contributed by atoms with van der Waals surface area (Å²) in [6.45, 7) is 0. The van der Waals surface area contributed by atoms with Crippen LogP contribution in [0.5, 0.6) is 0 Å². The second-order valence-electron chi connectivity index (χ2n) is 6.71. The molecule has 0 bridgehead atoms. The van der Waals surface area contributed by atoms with Gasteiger partial charge < -0.3 is 5.11 Å². The molecule has 0 unspecified atom stereocenters. The highest BCUT2D eigenvalue weighted by atomic mass is 35.5. The van der Waals surface area contributed by atoms with Gasteiger partial charge in [0.2, 0.25) is 0 Å². The van der Waals surface area contributed by atoms with E-state index in [0.717, 1.165) is 4.31 Å². The second-order valence-corrected chi connectivity index (χ2v) is 8.38. The van der Waals surface area contributed by atoms with Crippen LogP contribution in [0.15, 0.2) is 73.1 Å². The van der Waals surface area contributed by atoms with Gasteiger partial charge in [-0.25, -0.2) is 14.1 Å². The lowest BCUT2D eigenvalue weighted by Crippen LogP contribution is -2.26. The first-order valence-corrected chi connectivity index (χ1v) is 11.1. The summed E-state index contributed by atoms with van der Waals surface area (Å²) in [5.74, 6) is 4.53. The minimum atomic E-state index is -4.79. The third-order valence-electron chi connectivity index (χ3n) is 4.59. The van der Waals surface area contributed by atoms with Gasteiger partial charge in [-0.05, 0) is 36.4 Å². The highest BCUT2D eigenvalue weighted by Gasteiger charge is 2.26. The van der Waals surface area contributed by atoms with Crippen LogP contribution in [0.2, 0.25) is 5.02 Å². The van der Waals surface area contributed by atoms with Crippen LogP contribution in [0.4, 0.5) is 11.4 Å². The van der Waals surface area contributed by atoms with Crippen LogP contribution >= 0.6 is 11.6 Å². The van der Waals surface area contributed by atoms with E-state index in [-0.39, 0.29) is 28.1 Å². The Balaban J connectivity index is 1.86. The minimum absolute atomic E-state index is 0.0943. The predicted molar refractivity (Wildman–Crippen MR) is 124 cm³/mol. The number of carbonyl (C=O) groups is 1. The number of nitrogens with zero attached hydrogens (tertiary/aromatic N) is 3. The molecule has 8 nitrogen and oxygen atoms in total. The van der Waals surface area contributed by atoms with E-state index in [0.29, 0.717) is 16.0 Å². The van der Waals surface area contributed by atoms with E-state index < -0.39 is 16.3 Å². The maximum Gasteiger partial charge on any atom is 0.364 e. The van der Waals surface area contributed by atoms with Crippen molar-refractivity contribution in [1.82, 2.24) is 9.97 Å². The van der Waals surface area contributed by atoms with Crippen LogP contribution in [-0.2, 0) is 10.3 Å². The molecule has 2 aromatic carbocycles. The number of aromatic nitrogens is 2. The second kappa shape index (κ2) is 8.88. The number of benzene rings is 2. The molecule has 0 atom stereocenters. The highest BCUT2D eigenvalue weighted by Crippen LogP contribution is 2.36. The number of halogens is 1. The maximum atomic E-state index is 12.5. The summed E-state index contributed by atoms with van der Waals surface area (Å²) in [7, 11) is -4.79. The third kappa shape index (κ3) is 4.63. The summed E-state index contributed by atoms with van der Waals surface area (Å²) in [6, 6.07) is 15.5. The Morgan fingerprint density at radius 2 is 1.70 bits per heavy atom. The lowest BCUT2D eigenvalue weighted by Gasteiger charge is -2.23. The van der Waals surface area contributed by atoms with E-state index in [1.54, 1.807) is 36.4 Å². The Morgan fingerprint density at radius 3 is 2.39 bits per heavy atom. The largest absolute Gasteiger partial charge is 0.477 e. The maximum absolute atomic E-state index is 12.5. The van der Waals surface area contributed by atoms with Crippen molar-refractivity contribution in [2.45, 2.75) is 0 Å². The molecule has 2 heterocycles. The lowest BCUT2D eigenvalue weighted by molar-refractivity contribution is 0.0690. The topological polar surface area (TPSA) is 121 Å². The molecule has 0 saturated heterocycles. The Kier molecular flexibility index (Phi) is 5.98. The van der Waals surface area contributed by atoms with Crippen molar-refractivity contribution < 1.29 is 22.9 Å². The van der Waals surface area contributed by atoms with Crippen molar-refractivity contribution in [2.75, 3.05) is 4.31 Å². The summed E-state index contributed by atoms with van der Waals surface area (Å²) < 4.78 is 35.9. The fourth-order valence-electron chi connectivity index (χ4n) is 3.16. The molecule has 0 aliphatic carbocycles. The molecule has 4 rings (SSSR count). The van der Waals surface area contributed by atoms with Crippen LogP contribution in [0, 0.1) is 11.8 Å². The normalized spacial score (nSPS) is 11.0. The molecule has 0 radical (unpaired) electrons. The zero-order chi connectivity index (χ0) is 23.6. The van der Waals surface area contributed by atoms with E-state index in [9.17, 15) is 17.8 Å². The number of carboxylic acids is 1. The zero-order valence-corrected chi connectivity index (χ0v) is 18.2. The number of anilines is 2. The molecular weight excluding hydrogens is 466 g/mol. The van der Waals surface area contributed by atoms with Gasteiger partial charge in [0.25, 0.3) is 0 Å². The van der Waals surface area contributed by atoms with Gasteiger partial charge in [-0.3, -0.25) is 9.54 Å². The molecule has 0 fully saturated rings. The summed E-state index contributed by atoms with van der Waals surface area (Å²) in [5.41, 5.74) is 1.05. The number of aromatic carboxylic acids is 1. The SMILES string of the molecule is O=C(O)c1ccc(C#Cc2ccccc2N(c2cccc3c(Cl)ccnc23)S(=O)(=O)O)cn1. The van der Waals surface area contributed by atoms with Crippen LogP contribution in [0.25, 0.3) is 10.9 Å². The number of fused-ring (bicyclic) bond motifs is 1. The van der Waals surface area contributed by atoms with Gasteiger partial charge in [0.05, 0.1) is 21.9 Å². The summed E-state index contributed by atoms with van der Waals surface area (Å²) in [5, 5.41) is 9.85. The van der Waals surface area contributed by atoms with Gasteiger partial charge in [-0.2, -0.15) is 8.42 Å². The first-order valence-electron chi connectivity index (χ1n) is 9.37. The van der Waals surface area contributed by atoms with Crippen LogP contribution < -0.4 is 4.31 Å². The fraction of sp³-hybridized carbons (Fsp3) is 0. The highest BCUT2D eigenvalue weighted by molar-refractivity contribution is 7.87. The fourth-order valence-corrected chi connectivity index (χ4v) is 4.17. The van der Waals surface area contributed by atoms with Crippen LogP contribution in [0.3, 0.4) is 0 Å². The van der Waals surface area contributed by atoms with E-state index in [1.807, 2.05) is 0 Å². The average Bonchev–Trinajstić information content (AvgIpc) is 2.78. The molecule has 10 heteroatoms. The van der Waals surface area contributed by atoms with E-state index in [4.69, 9.17) is 16.7 Å². The van der Waals surface area contributed by atoms with Crippen molar-refractivity contribution in [2.24, 2.45) is 0 Å². The van der Waals surface area contributed by atoms with Gasteiger partial charge in [0.1, 0.15) is 5.69 Å². The van der Waals surface area contributed by atoms with Gasteiger partial charge >= 0.3 is 16.3 Å². The molecule has 4 aromatic rings. The van der Waals surface area contributed by atoms with Crippen molar-refractivity contribution in [3.8, 4) is 11.8 Å². The van der Waals surface area contributed by atoms with Gasteiger partial charge in [-0.15, -0.1) is 0 Å². The summed E-state index contributed by atoms with van der Waals surface area (Å²) in [6.07, 6.45) is 2.74. The van der Waals surface area contributed by atoms with Gasteiger partial charge in [0, 0.05) is 28.9 Å². The molecule has 164 valence electrons. The molecule has 0 spiro atoms. The molecule has 2 aromatic heterocycles. The Bertz CT molecular complexity index is 1540. The minimum Gasteiger partial charge on any atom is -0.477 e. The standard InChI is InChI=1S/C23H14ClN3O5S/c24-18-12-13-25-22-17(18)5-3-7-21(22)27(33(30,31)32)20-6-2-1-4-16(20)10-8-15-9-11-19(23(28)29)26-14-15/h1-7,9,11-14H,(H,28,29)(H,30,31,32). The number of hydrogen-bond acceptors (Lipinski definition) is 5. The van der Waals surface area contributed by atoms with Crippen molar-refractivity contribution in [1.29, 1.82) is 0 Å². The van der Waals surface area contributed by atoms with Crippen molar-refractivity contribution in [3.63, 3.8) is 0 Å².